The van der Waals surface area contributed by atoms with Crippen LogP contribution in [-0.2, 0) is 6.42 Å². The molecule has 1 rings (SSSR count). The predicted octanol–water partition coefficient (Wildman–Crippen LogP) is 2.43. The van der Waals surface area contributed by atoms with Crippen LogP contribution in [0.1, 0.15) is 35.8 Å². The minimum absolute atomic E-state index is 0.170. The Bertz CT molecular complexity index is 294. The Labute approximate surface area is 81.4 Å². The first-order valence-corrected chi connectivity index (χ1v) is 5.15. The van der Waals surface area contributed by atoms with Crippen molar-refractivity contribution in [1.82, 2.24) is 4.98 Å². The highest BCUT2D eigenvalue weighted by Gasteiger charge is 2.08. The third kappa shape index (κ3) is 3.14. The van der Waals surface area contributed by atoms with Crippen LogP contribution < -0.4 is 0 Å². The number of carboxylic acid groups (broad SMARTS) is 1. The second kappa shape index (κ2) is 4.37. The predicted molar refractivity (Wildman–Crippen MR) is 52.2 cm³/mol. The van der Waals surface area contributed by atoms with Crippen LogP contribution in [0.15, 0.2) is 5.38 Å². The number of hydrogen-bond acceptors (Lipinski definition) is 3. The third-order valence-electron chi connectivity index (χ3n) is 1.71. The van der Waals surface area contributed by atoms with Gasteiger partial charge in [0, 0.05) is 5.38 Å². The number of hydrogen-bond donors (Lipinski definition) is 1. The molecule has 1 aromatic heterocycles. The third-order valence-corrected chi connectivity index (χ3v) is 2.62. The van der Waals surface area contributed by atoms with Crippen LogP contribution in [0, 0.1) is 5.92 Å². The van der Waals surface area contributed by atoms with Gasteiger partial charge in [-0.2, -0.15) is 0 Å². The van der Waals surface area contributed by atoms with E-state index in [0.29, 0.717) is 5.92 Å². The second-order valence-electron chi connectivity index (χ2n) is 3.36. The highest BCUT2D eigenvalue weighted by Crippen LogP contribution is 2.14. The zero-order chi connectivity index (χ0) is 9.84. The molecule has 0 fully saturated rings. The minimum Gasteiger partial charge on any atom is -0.476 e. The molecule has 4 heteroatoms. The second-order valence-corrected chi connectivity index (χ2v) is 4.31. The molecule has 0 aliphatic rings. The number of aromatic carboxylic acids is 1. The minimum atomic E-state index is -0.938. The average molecular weight is 199 g/mol. The van der Waals surface area contributed by atoms with E-state index in [1.54, 1.807) is 5.38 Å². The summed E-state index contributed by atoms with van der Waals surface area (Å²) in [6, 6.07) is 0. The number of thiazole rings is 1. The van der Waals surface area contributed by atoms with Gasteiger partial charge in [-0.1, -0.05) is 13.8 Å². The molecule has 1 heterocycles. The van der Waals surface area contributed by atoms with E-state index in [2.05, 4.69) is 18.8 Å². The van der Waals surface area contributed by atoms with E-state index in [1.807, 2.05) is 0 Å². The van der Waals surface area contributed by atoms with Gasteiger partial charge in [-0.3, -0.25) is 0 Å². The Morgan fingerprint density at radius 1 is 1.69 bits per heavy atom. The van der Waals surface area contributed by atoms with Crippen molar-refractivity contribution in [2.45, 2.75) is 26.7 Å². The Morgan fingerprint density at radius 2 is 2.38 bits per heavy atom. The summed E-state index contributed by atoms with van der Waals surface area (Å²) in [4.78, 5) is 14.5. The number of rotatable bonds is 4. The molecule has 0 amide bonds. The van der Waals surface area contributed by atoms with Gasteiger partial charge in [-0.15, -0.1) is 11.3 Å². The van der Waals surface area contributed by atoms with Crippen molar-refractivity contribution in [3.05, 3.63) is 16.1 Å². The molecule has 0 radical (unpaired) electrons. The fourth-order valence-electron chi connectivity index (χ4n) is 0.936. The van der Waals surface area contributed by atoms with E-state index in [4.69, 9.17) is 5.11 Å². The van der Waals surface area contributed by atoms with Gasteiger partial charge in [0.1, 0.15) is 0 Å². The van der Waals surface area contributed by atoms with Crippen LogP contribution in [-0.4, -0.2) is 16.1 Å². The van der Waals surface area contributed by atoms with E-state index in [-0.39, 0.29) is 5.69 Å². The zero-order valence-electron chi connectivity index (χ0n) is 7.78. The summed E-state index contributed by atoms with van der Waals surface area (Å²) in [7, 11) is 0. The maximum Gasteiger partial charge on any atom is 0.355 e. The summed E-state index contributed by atoms with van der Waals surface area (Å²) in [6.45, 7) is 4.29. The number of carboxylic acids is 1. The lowest BCUT2D eigenvalue weighted by atomic mass is 10.1. The van der Waals surface area contributed by atoms with Crippen molar-refractivity contribution in [2.75, 3.05) is 0 Å². The topological polar surface area (TPSA) is 50.2 Å². The maximum absolute atomic E-state index is 10.5. The summed E-state index contributed by atoms with van der Waals surface area (Å²) in [5.74, 6) is -0.302. The van der Waals surface area contributed by atoms with Gasteiger partial charge in [0.15, 0.2) is 5.69 Å². The first-order chi connectivity index (χ1) is 6.09. The molecule has 0 saturated heterocycles. The van der Waals surface area contributed by atoms with E-state index in [1.165, 1.54) is 11.3 Å². The molecule has 0 aliphatic heterocycles. The number of aromatic nitrogens is 1. The van der Waals surface area contributed by atoms with E-state index in [9.17, 15) is 4.79 Å². The highest BCUT2D eigenvalue weighted by molar-refractivity contribution is 7.09. The summed E-state index contributed by atoms with van der Waals surface area (Å²) in [5, 5.41) is 11.1. The van der Waals surface area contributed by atoms with Gasteiger partial charge in [0.2, 0.25) is 0 Å². The molecule has 0 unspecified atom stereocenters. The molecule has 0 aliphatic carbocycles. The van der Waals surface area contributed by atoms with Crippen molar-refractivity contribution in [1.29, 1.82) is 0 Å². The molecular weight excluding hydrogens is 186 g/mol. The van der Waals surface area contributed by atoms with E-state index in [0.717, 1.165) is 17.8 Å². The zero-order valence-corrected chi connectivity index (χ0v) is 8.60. The largest absolute Gasteiger partial charge is 0.476 e. The Morgan fingerprint density at radius 3 is 2.85 bits per heavy atom. The highest BCUT2D eigenvalue weighted by atomic mass is 32.1. The first-order valence-electron chi connectivity index (χ1n) is 4.27. The molecule has 13 heavy (non-hydrogen) atoms. The van der Waals surface area contributed by atoms with Gasteiger partial charge in [0.05, 0.1) is 5.01 Å². The Hall–Kier alpha value is -0.900. The molecule has 0 spiro atoms. The standard InChI is InChI=1S/C9H13NO2S/c1-6(2)3-4-8-10-7(5-13-8)9(11)12/h5-6H,3-4H2,1-2H3,(H,11,12). The quantitative estimate of drug-likeness (QED) is 0.810. The first kappa shape index (κ1) is 10.2. The molecule has 0 saturated carbocycles. The van der Waals surface area contributed by atoms with Crippen molar-refractivity contribution in [2.24, 2.45) is 5.92 Å². The number of aryl methyl sites for hydroxylation is 1. The lowest BCUT2D eigenvalue weighted by molar-refractivity contribution is 0.0691. The molecule has 3 nitrogen and oxygen atoms in total. The van der Waals surface area contributed by atoms with Crippen molar-refractivity contribution in [3.8, 4) is 0 Å². The van der Waals surface area contributed by atoms with Gasteiger partial charge >= 0.3 is 5.97 Å². The van der Waals surface area contributed by atoms with Crippen molar-refractivity contribution < 1.29 is 9.90 Å². The van der Waals surface area contributed by atoms with Crippen molar-refractivity contribution >= 4 is 17.3 Å². The molecule has 0 bridgehead atoms. The van der Waals surface area contributed by atoms with Crippen LogP contribution in [0.25, 0.3) is 0 Å². The summed E-state index contributed by atoms with van der Waals surface area (Å²) < 4.78 is 0. The fourth-order valence-corrected chi connectivity index (χ4v) is 1.72. The summed E-state index contributed by atoms with van der Waals surface area (Å²) >= 11 is 1.43. The Balaban J connectivity index is 2.54. The fraction of sp³-hybridized carbons (Fsp3) is 0.556. The summed E-state index contributed by atoms with van der Waals surface area (Å²) in [6.07, 6.45) is 1.95. The smallest absolute Gasteiger partial charge is 0.355 e. The van der Waals surface area contributed by atoms with Gasteiger partial charge < -0.3 is 5.11 Å². The molecule has 72 valence electrons. The lowest BCUT2D eigenvalue weighted by Crippen LogP contribution is -1.97. The van der Waals surface area contributed by atoms with Gasteiger partial charge in [0.25, 0.3) is 0 Å². The van der Waals surface area contributed by atoms with Crippen LogP contribution in [0.2, 0.25) is 0 Å². The number of carbonyl (C=O) groups is 1. The normalized spacial score (nSPS) is 10.7. The lowest BCUT2D eigenvalue weighted by Gasteiger charge is -1.99. The van der Waals surface area contributed by atoms with Crippen LogP contribution >= 0.6 is 11.3 Å². The Kier molecular flexibility index (Phi) is 3.42. The SMILES string of the molecule is CC(C)CCc1nc(C(=O)O)cs1. The molecule has 0 aromatic carbocycles. The van der Waals surface area contributed by atoms with Crippen LogP contribution in [0.3, 0.4) is 0 Å². The van der Waals surface area contributed by atoms with Crippen molar-refractivity contribution in [3.63, 3.8) is 0 Å². The monoisotopic (exact) mass is 199 g/mol. The van der Waals surface area contributed by atoms with Crippen LogP contribution in [0.5, 0.6) is 0 Å². The number of nitrogens with zero attached hydrogens (tertiary/aromatic N) is 1. The molecule has 1 aromatic rings. The molecular formula is C9H13NO2S. The maximum atomic E-state index is 10.5. The average Bonchev–Trinajstić information content (AvgIpc) is 2.48. The van der Waals surface area contributed by atoms with Gasteiger partial charge in [-0.25, -0.2) is 9.78 Å². The molecule has 0 atom stereocenters. The molecule has 1 N–H and O–H groups in total. The van der Waals surface area contributed by atoms with E-state index < -0.39 is 5.97 Å². The van der Waals surface area contributed by atoms with Gasteiger partial charge in [-0.05, 0) is 18.8 Å². The van der Waals surface area contributed by atoms with E-state index >= 15 is 0 Å². The van der Waals surface area contributed by atoms with Crippen LogP contribution in [0.4, 0.5) is 0 Å². The summed E-state index contributed by atoms with van der Waals surface area (Å²) in [5.41, 5.74) is 0.170.